The van der Waals surface area contributed by atoms with E-state index in [1.165, 1.54) is 12.5 Å². The molecule has 0 aliphatic heterocycles. The van der Waals surface area contributed by atoms with Gasteiger partial charge in [-0.05, 0) is 18.2 Å². The summed E-state index contributed by atoms with van der Waals surface area (Å²) in [7, 11) is 1.76. The molecule has 2 heterocycles. The smallest absolute Gasteiger partial charge is 0.275 e. The van der Waals surface area contributed by atoms with E-state index < -0.39 is 0 Å². The minimum atomic E-state index is -0.312. The predicted octanol–water partition coefficient (Wildman–Crippen LogP) is 2.78. The molecule has 1 aromatic carbocycles. The van der Waals surface area contributed by atoms with E-state index in [2.05, 4.69) is 20.4 Å². The van der Waals surface area contributed by atoms with E-state index in [1.54, 1.807) is 36.0 Å². The largest absolute Gasteiger partial charge is 0.305 e. The van der Waals surface area contributed by atoms with E-state index in [-0.39, 0.29) is 5.91 Å². The summed E-state index contributed by atoms with van der Waals surface area (Å²) < 4.78 is 1.60. The van der Waals surface area contributed by atoms with E-state index in [4.69, 9.17) is 11.6 Å². The molecule has 3 aromatic rings. The molecule has 7 heteroatoms. The van der Waals surface area contributed by atoms with Gasteiger partial charge in [-0.15, -0.1) is 0 Å². The Morgan fingerprint density at radius 1 is 1.23 bits per heavy atom. The van der Waals surface area contributed by atoms with Crippen LogP contribution in [0.5, 0.6) is 0 Å². The van der Waals surface area contributed by atoms with Crippen LogP contribution in [0.4, 0.5) is 5.82 Å². The number of halogens is 1. The van der Waals surface area contributed by atoms with Gasteiger partial charge in [0.15, 0.2) is 0 Å². The summed E-state index contributed by atoms with van der Waals surface area (Å²) in [6, 6.07) is 10.7. The molecule has 0 fully saturated rings. The summed E-state index contributed by atoms with van der Waals surface area (Å²) >= 11 is 5.88. The van der Waals surface area contributed by atoms with Gasteiger partial charge in [-0.3, -0.25) is 9.48 Å². The summed E-state index contributed by atoms with van der Waals surface area (Å²) in [6.45, 7) is 0. The highest BCUT2D eigenvalue weighted by atomic mass is 35.5. The first-order valence-electron chi connectivity index (χ1n) is 6.51. The Morgan fingerprint density at radius 3 is 2.68 bits per heavy atom. The van der Waals surface area contributed by atoms with Gasteiger partial charge in [0.05, 0.1) is 5.69 Å². The third kappa shape index (κ3) is 2.96. The van der Waals surface area contributed by atoms with Gasteiger partial charge in [-0.2, -0.15) is 5.10 Å². The van der Waals surface area contributed by atoms with Crippen molar-refractivity contribution in [1.29, 1.82) is 0 Å². The molecule has 0 bridgehead atoms. The second-order valence-corrected chi connectivity index (χ2v) is 5.03. The van der Waals surface area contributed by atoms with E-state index in [9.17, 15) is 4.79 Å². The molecule has 1 amide bonds. The van der Waals surface area contributed by atoms with E-state index in [0.717, 1.165) is 11.3 Å². The first kappa shape index (κ1) is 14.2. The maximum absolute atomic E-state index is 12.1. The molecule has 2 aromatic heterocycles. The van der Waals surface area contributed by atoms with Gasteiger partial charge in [0, 0.05) is 29.9 Å². The van der Waals surface area contributed by atoms with Gasteiger partial charge >= 0.3 is 0 Å². The molecule has 3 rings (SSSR count). The Labute approximate surface area is 131 Å². The Bertz CT molecular complexity index is 799. The number of aryl methyl sites for hydroxylation is 1. The Balaban J connectivity index is 1.84. The molecular weight excluding hydrogens is 302 g/mol. The first-order valence-corrected chi connectivity index (χ1v) is 6.88. The number of nitrogens with one attached hydrogen (secondary N) is 1. The highest BCUT2D eigenvalue weighted by Crippen LogP contribution is 2.23. The fourth-order valence-corrected chi connectivity index (χ4v) is 2.08. The zero-order chi connectivity index (χ0) is 15.5. The SMILES string of the molecule is Cn1nc(-c2ccc(Cl)cc2)cc1NC(=O)c1ccncn1. The summed E-state index contributed by atoms with van der Waals surface area (Å²) in [5, 5.41) is 7.82. The van der Waals surface area contributed by atoms with Gasteiger partial charge in [0.2, 0.25) is 0 Å². The summed E-state index contributed by atoms with van der Waals surface area (Å²) in [4.78, 5) is 19.8. The Morgan fingerprint density at radius 2 is 2.00 bits per heavy atom. The molecule has 0 saturated carbocycles. The van der Waals surface area contributed by atoms with Crippen LogP contribution in [-0.4, -0.2) is 25.7 Å². The number of carbonyl (C=O) groups excluding carboxylic acids is 1. The van der Waals surface area contributed by atoms with Crippen molar-refractivity contribution in [2.75, 3.05) is 5.32 Å². The van der Waals surface area contributed by atoms with Crippen LogP contribution in [0.15, 0.2) is 48.9 Å². The van der Waals surface area contributed by atoms with Crippen molar-refractivity contribution in [1.82, 2.24) is 19.7 Å². The molecule has 0 saturated heterocycles. The lowest BCUT2D eigenvalue weighted by atomic mass is 10.1. The minimum Gasteiger partial charge on any atom is -0.305 e. The van der Waals surface area contributed by atoms with Crippen LogP contribution in [-0.2, 0) is 7.05 Å². The van der Waals surface area contributed by atoms with Crippen molar-refractivity contribution >= 4 is 23.3 Å². The topological polar surface area (TPSA) is 72.7 Å². The molecular formula is C15H12ClN5O. The maximum atomic E-state index is 12.1. The minimum absolute atomic E-state index is 0.296. The number of hydrogen-bond acceptors (Lipinski definition) is 4. The lowest BCUT2D eigenvalue weighted by molar-refractivity contribution is 0.102. The average Bonchev–Trinajstić information content (AvgIpc) is 2.90. The van der Waals surface area contributed by atoms with Crippen LogP contribution in [0.1, 0.15) is 10.5 Å². The Kier molecular flexibility index (Phi) is 3.84. The van der Waals surface area contributed by atoms with Crippen LogP contribution >= 0.6 is 11.6 Å². The number of anilines is 1. The van der Waals surface area contributed by atoms with Gasteiger partial charge in [0.25, 0.3) is 5.91 Å². The molecule has 0 aliphatic carbocycles. The maximum Gasteiger partial charge on any atom is 0.275 e. The molecule has 0 aliphatic rings. The number of hydrogen-bond donors (Lipinski definition) is 1. The number of nitrogens with zero attached hydrogens (tertiary/aromatic N) is 4. The molecule has 110 valence electrons. The number of rotatable bonds is 3. The quantitative estimate of drug-likeness (QED) is 0.807. The van der Waals surface area contributed by atoms with Crippen LogP contribution in [0.3, 0.4) is 0 Å². The van der Waals surface area contributed by atoms with Crippen LogP contribution in [0, 0.1) is 0 Å². The molecule has 0 unspecified atom stereocenters. The molecule has 0 spiro atoms. The highest BCUT2D eigenvalue weighted by molar-refractivity contribution is 6.30. The normalized spacial score (nSPS) is 10.5. The lowest BCUT2D eigenvalue weighted by Crippen LogP contribution is -2.15. The summed E-state index contributed by atoms with van der Waals surface area (Å²) in [6.07, 6.45) is 2.85. The van der Waals surface area contributed by atoms with Crippen LogP contribution < -0.4 is 5.32 Å². The van der Waals surface area contributed by atoms with Crippen molar-refractivity contribution < 1.29 is 4.79 Å². The number of aromatic nitrogens is 4. The first-order chi connectivity index (χ1) is 10.6. The average molecular weight is 314 g/mol. The third-order valence-corrected chi connectivity index (χ3v) is 3.33. The zero-order valence-corrected chi connectivity index (χ0v) is 12.4. The van der Waals surface area contributed by atoms with Gasteiger partial charge in [0.1, 0.15) is 17.8 Å². The van der Waals surface area contributed by atoms with Crippen LogP contribution in [0.2, 0.25) is 5.02 Å². The third-order valence-electron chi connectivity index (χ3n) is 3.08. The van der Waals surface area contributed by atoms with Gasteiger partial charge < -0.3 is 5.32 Å². The molecule has 0 radical (unpaired) electrons. The summed E-state index contributed by atoms with van der Waals surface area (Å²) in [5.41, 5.74) is 1.96. The molecule has 6 nitrogen and oxygen atoms in total. The standard InChI is InChI=1S/C15H12ClN5O/c1-21-14(19-15(22)12-6-7-17-9-18-12)8-13(20-21)10-2-4-11(16)5-3-10/h2-9H,1H3,(H,19,22). The second-order valence-electron chi connectivity index (χ2n) is 4.59. The van der Waals surface area contributed by atoms with Crippen molar-refractivity contribution in [3.63, 3.8) is 0 Å². The molecule has 22 heavy (non-hydrogen) atoms. The number of benzene rings is 1. The number of carbonyl (C=O) groups is 1. The van der Waals surface area contributed by atoms with Crippen molar-refractivity contribution in [2.24, 2.45) is 7.05 Å². The fraction of sp³-hybridized carbons (Fsp3) is 0.0667. The zero-order valence-electron chi connectivity index (χ0n) is 11.7. The monoisotopic (exact) mass is 313 g/mol. The molecule has 0 atom stereocenters. The summed E-state index contributed by atoms with van der Waals surface area (Å²) in [5.74, 6) is 0.265. The fourth-order valence-electron chi connectivity index (χ4n) is 1.95. The highest BCUT2D eigenvalue weighted by Gasteiger charge is 2.12. The number of amides is 1. The van der Waals surface area contributed by atoms with E-state index in [1.807, 2.05) is 12.1 Å². The van der Waals surface area contributed by atoms with E-state index >= 15 is 0 Å². The lowest BCUT2D eigenvalue weighted by Gasteiger charge is -2.03. The van der Waals surface area contributed by atoms with Crippen LogP contribution in [0.25, 0.3) is 11.3 Å². The Hall–Kier alpha value is -2.73. The van der Waals surface area contributed by atoms with Crippen molar-refractivity contribution in [3.8, 4) is 11.3 Å². The van der Waals surface area contributed by atoms with Crippen molar-refractivity contribution in [2.45, 2.75) is 0 Å². The van der Waals surface area contributed by atoms with E-state index in [0.29, 0.717) is 16.5 Å². The predicted molar refractivity (Wildman–Crippen MR) is 83.6 cm³/mol. The second kappa shape index (κ2) is 5.95. The molecule has 1 N–H and O–H groups in total. The van der Waals surface area contributed by atoms with Gasteiger partial charge in [-0.25, -0.2) is 9.97 Å². The van der Waals surface area contributed by atoms with Crippen molar-refractivity contribution in [3.05, 3.63) is 59.6 Å². The van der Waals surface area contributed by atoms with Gasteiger partial charge in [-0.1, -0.05) is 23.7 Å².